The molecule has 0 radical (unpaired) electrons. The van der Waals surface area contributed by atoms with Gasteiger partial charge >= 0.3 is 0 Å². The van der Waals surface area contributed by atoms with E-state index in [9.17, 15) is 10.2 Å². The number of aliphatic hydroxyl groups excluding tert-OH is 2. The summed E-state index contributed by atoms with van der Waals surface area (Å²) in [6.07, 6.45) is -1.66. The number of nitrogens with zero attached hydrogens (tertiary/aromatic N) is 3. The molecule has 1 aromatic rings. The average Bonchev–Trinajstić information content (AvgIpc) is 2.38. The van der Waals surface area contributed by atoms with Crippen LogP contribution in [0.4, 0.5) is 5.69 Å². The lowest BCUT2D eigenvalue weighted by Gasteiger charge is -2.17. The molecule has 3 N–H and O–H groups in total. The topological polar surface area (TPSA) is 101 Å². The molecule has 0 saturated carbocycles. The van der Waals surface area contributed by atoms with Gasteiger partial charge in [-0.1, -0.05) is 17.2 Å². The smallest absolute Gasteiger partial charge is 0.105 e. The summed E-state index contributed by atoms with van der Waals surface area (Å²) in [5.74, 6) is 0. The molecular formula is C11H16N4O2. The lowest BCUT2D eigenvalue weighted by molar-refractivity contribution is 0.0150. The first-order valence-corrected chi connectivity index (χ1v) is 5.33. The fourth-order valence-electron chi connectivity index (χ4n) is 1.46. The van der Waals surface area contributed by atoms with E-state index in [1.165, 1.54) is 0 Å². The second-order valence-electron chi connectivity index (χ2n) is 3.63. The molecular weight excluding hydrogens is 220 g/mol. The van der Waals surface area contributed by atoms with Gasteiger partial charge in [-0.25, -0.2) is 0 Å². The first kappa shape index (κ1) is 13.3. The van der Waals surface area contributed by atoms with Crippen molar-refractivity contribution in [3.05, 3.63) is 40.3 Å². The number of rotatable bonds is 6. The molecule has 92 valence electrons. The van der Waals surface area contributed by atoms with Gasteiger partial charge < -0.3 is 15.5 Å². The number of hydrogen-bond acceptors (Lipinski definition) is 4. The fraction of sp³-hybridized carbons (Fsp3) is 0.455. The van der Waals surface area contributed by atoms with E-state index < -0.39 is 12.2 Å². The zero-order valence-corrected chi connectivity index (χ0v) is 9.61. The van der Waals surface area contributed by atoms with E-state index in [0.717, 1.165) is 5.69 Å². The van der Waals surface area contributed by atoms with Gasteiger partial charge in [-0.2, -0.15) is 0 Å². The van der Waals surface area contributed by atoms with Crippen molar-refractivity contribution in [1.82, 2.24) is 0 Å². The summed E-state index contributed by atoms with van der Waals surface area (Å²) in [6, 6.07) is 7.12. The van der Waals surface area contributed by atoms with Crippen molar-refractivity contribution in [3.8, 4) is 0 Å². The fourth-order valence-corrected chi connectivity index (χ4v) is 1.46. The minimum atomic E-state index is -0.963. The summed E-state index contributed by atoms with van der Waals surface area (Å²) in [5.41, 5.74) is 9.67. The van der Waals surface area contributed by atoms with E-state index in [4.69, 9.17) is 5.53 Å². The summed E-state index contributed by atoms with van der Waals surface area (Å²) in [5, 5.41) is 25.8. The van der Waals surface area contributed by atoms with Gasteiger partial charge in [-0.15, -0.1) is 0 Å². The molecule has 0 fully saturated rings. The maximum Gasteiger partial charge on any atom is 0.105 e. The summed E-state index contributed by atoms with van der Waals surface area (Å²) in [7, 11) is 1.81. The third-order valence-electron chi connectivity index (χ3n) is 2.49. The highest BCUT2D eigenvalue weighted by Crippen LogP contribution is 2.20. The SMILES string of the molecule is CNc1ccc(C(O)C(O)CCN=[N+]=[N-])cc1. The minimum Gasteiger partial charge on any atom is -0.390 e. The van der Waals surface area contributed by atoms with E-state index in [-0.39, 0.29) is 13.0 Å². The Morgan fingerprint density at radius 3 is 2.53 bits per heavy atom. The van der Waals surface area contributed by atoms with Crippen LogP contribution in [0.25, 0.3) is 10.4 Å². The van der Waals surface area contributed by atoms with Crippen LogP contribution in [0.5, 0.6) is 0 Å². The normalized spacial score (nSPS) is 13.6. The van der Waals surface area contributed by atoms with E-state index in [1.54, 1.807) is 19.2 Å². The second-order valence-corrected chi connectivity index (χ2v) is 3.63. The number of anilines is 1. The van der Waals surface area contributed by atoms with Crippen LogP contribution < -0.4 is 5.32 Å². The Morgan fingerprint density at radius 1 is 1.35 bits per heavy atom. The molecule has 0 amide bonds. The van der Waals surface area contributed by atoms with E-state index in [0.29, 0.717) is 5.56 Å². The maximum atomic E-state index is 9.85. The van der Waals surface area contributed by atoms with E-state index in [1.807, 2.05) is 12.1 Å². The quantitative estimate of drug-likeness (QED) is 0.399. The number of aliphatic hydroxyl groups is 2. The first-order chi connectivity index (χ1) is 8.19. The van der Waals surface area contributed by atoms with Gasteiger partial charge in [0.25, 0.3) is 0 Å². The molecule has 17 heavy (non-hydrogen) atoms. The van der Waals surface area contributed by atoms with Crippen LogP contribution in [0.15, 0.2) is 29.4 Å². The summed E-state index contributed by atoms with van der Waals surface area (Å²) in [4.78, 5) is 2.59. The molecule has 0 aliphatic rings. The minimum absolute atomic E-state index is 0.170. The average molecular weight is 236 g/mol. The van der Waals surface area contributed by atoms with Crippen molar-refractivity contribution in [2.45, 2.75) is 18.6 Å². The summed E-state index contributed by atoms with van der Waals surface area (Å²) < 4.78 is 0. The van der Waals surface area contributed by atoms with Gasteiger partial charge in [-0.3, -0.25) is 0 Å². The Morgan fingerprint density at radius 2 is 2.00 bits per heavy atom. The van der Waals surface area contributed by atoms with Crippen LogP contribution in [0.1, 0.15) is 18.1 Å². The van der Waals surface area contributed by atoms with Gasteiger partial charge in [0.05, 0.1) is 6.10 Å². The Balaban J connectivity index is 2.60. The zero-order valence-electron chi connectivity index (χ0n) is 9.61. The van der Waals surface area contributed by atoms with E-state index >= 15 is 0 Å². The van der Waals surface area contributed by atoms with Gasteiger partial charge in [-0.05, 0) is 29.6 Å². The molecule has 1 rings (SSSR count). The predicted molar refractivity (Wildman–Crippen MR) is 65.6 cm³/mol. The van der Waals surface area contributed by atoms with Gasteiger partial charge in [0.1, 0.15) is 6.10 Å². The summed E-state index contributed by atoms with van der Waals surface area (Å²) >= 11 is 0. The van der Waals surface area contributed by atoms with Crippen LogP contribution in [0.2, 0.25) is 0 Å². The number of azide groups is 1. The highest BCUT2D eigenvalue weighted by molar-refractivity contribution is 5.44. The van der Waals surface area contributed by atoms with Crippen LogP contribution in [0.3, 0.4) is 0 Å². The maximum absolute atomic E-state index is 9.85. The molecule has 6 nitrogen and oxygen atoms in total. The largest absolute Gasteiger partial charge is 0.390 e. The van der Waals surface area contributed by atoms with Crippen LogP contribution >= 0.6 is 0 Å². The Bertz CT molecular complexity index is 387. The van der Waals surface area contributed by atoms with Crippen molar-refractivity contribution < 1.29 is 10.2 Å². The number of benzene rings is 1. The lowest BCUT2D eigenvalue weighted by atomic mass is 10.0. The highest BCUT2D eigenvalue weighted by Gasteiger charge is 2.17. The Labute approximate surface area is 99.5 Å². The number of nitrogens with one attached hydrogen (secondary N) is 1. The van der Waals surface area contributed by atoms with Crippen LogP contribution in [-0.4, -0.2) is 29.9 Å². The third-order valence-corrected chi connectivity index (χ3v) is 2.49. The van der Waals surface area contributed by atoms with Crippen molar-refractivity contribution in [2.24, 2.45) is 5.11 Å². The Hall–Kier alpha value is -1.75. The molecule has 6 heteroatoms. The third kappa shape index (κ3) is 3.96. The summed E-state index contributed by atoms with van der Waals surface area (Å²) in [6.45, 7) is 0.170. The predicted octanol–water partition coefficient (Wildman–Crippen LogP) is 1.82. The van der Waals surface area contributed by atoms with Crippen LogP contribution in [-0.2, 0) is 0 Å². The molecule has 1 aromatic carbocycles. The molecule has 0 bridgehead atoms. The standard InChI is InChI=1S/C11H16N4O2/c1-13-9-4-2-8(3-5-9)11(17)10(16)6-7-14-15-12/h2-5,10-11,13,16-17H,6-7H2,1H3. The molecule has 0 aliphatic heterocycles. The Kier molecular flexibility index (Phi) is 5.29. The number of hydrogen-bond donors (Lipinski definition) is 3. The molecule has 0 saturated heterocycles. The highest BCUT2D eigenvalue weighted by atomic mass is 16.3. The first-order valence-electron chi connectivity index (χ1n) is 5.33. The molecule has 0 heterocycles. The second kappa shape index (κ2) is 6.75. The van der Waals surface area contributed by atoms with Crippen molar-refractivity contribution in [3.63, 3.8) is 0 Å². The van der Waals surface area contributed by atoms with Crippen molar-refractivity contribution in [2.75, 3.05) is 18.9 Å². The van der Waals surface area contributed by atoms with Gasteiger partial charge in [0, 0.05) is 24.2 Å². The van der Waals surface area contributed by atoms with E-state index in [2.05, 4.69) is 15.3 Å². The molecule has 0 aromatic heterocycles. The van der Waals surface area contributed by atoms with Crippen molar-refractivity contribution >= 4 is 5.69 Å². The van der Waals surface area contributed by atoms with Gasteiger partial charge in [0.15, 0.2) is 0 Å². The molecule has 0 spiro atoms. The molecule has 2 atom stereocenters. The van der Waals surface area contributed by atoms with Gasteiger partial charge in [0.2, 0.25) is 0 Å². The zero-order chi connectivity index (χ0) is 12.7. The molecule has 2 unspecified atom stereocenters. The van der Waals surface area contributed by atoms with Crippen molar-refractivity contribution in [1.29, 1.82) is 0 Å². The lowest BCUT2D eigenvalue weighted by Crippen LogP contribution is -2.19. The molecule has 0 aliphatic carbocycles. The van der Waals surface area contributed by atoms with Crippen LogP contribution in [0, 0.1) is 0 Å². The monoisotopic (exact) mass is 236 g/mol.